The maximum absolute atomic E-state index is 12.2. The summed E-state index contributed by atoms with van der Waals surface area (Å²) in [5.41, 5.74) is 1.76. The van der Waals surface area contributed by atoms with Crippen LogP contribution in [-0.4, -0.2) is 38.9 Å². The van der Waals surface area contributed by atoms with E-state index in [2.05, 4.69) is 19.9 Å². The fourth-order valence-electron chi connectivity index (χ4n) is 3.33. The van der Waals surface area contributed by atoms with E-state index in [9.17, 15) is 13.2 Å². The number of sulfonamides is 1. The molecule has 30 heavy (non-hydrogen) atoms. The number of pyridine rings is 1. The number of amides is 1. The maximum atomic E-state index is 12.2. The second-order valence-corrected chi connectivity index (χ2v) is 8.86. The van der Waals surface area contributed by atoms with Gasteiger partial charge in [0.05, 0.1) is 0 Å². The van der Waals surface area contributed by atoms with E-state index in [1.54, 1.807) is 6.20 Å². The van der Waals surface area contributed by atoms with Gasteiger partial charge in [-0.3, -0.25) is 4.79 Å². The maximum Gasteiger partial charge on any atom is 0.233 e. The quantitative estimate of drug-likeness (QED) is 0.641. The molecule has 1 aromatic heterocycles. The van der Waals surface area contributed by atoms with Crippen molar-refractivity contribution in [3.05, 3.63) is 65.2 Å². The van der Waals surface area contributed by atoms with Gasteiger partial charge in [-0.1, -0.05) is 36.4 Å². The molecule has 160 valence electrons. The Morgan fingerprint density at radius 3 is 2.60 bits per heavy atom. The molecule has 1 fully saturated rings. The van der Waals surface area contributed by atoms with Gasteiger partial charge in [0, 0.05) is 49.8 Å². The summed E-state index contributed by atoms with van der Waals surface area (Å²) >= 11 is 0. The molecule has 3 rings (SSSR count). The molecule has 0 atom stereocenters. The van der Waals surface area contributed by atoms with Crippen molar-refractivity contribution in [2.45, 2.75) is 32.2 Å². The summed E-state index contributed by atoms with van der Waals surface area (Å²) in [7, 11) is -3.59. The van der Waals surface area contributed by atoms with Gasteiger partial charge in [-0.05, 0) is 37.0 Å². The van der Waals surface area contributed by atoms with Crippen molar-refractivity contribution in [1.82, 2.24) is 15.0 Å². The highest BCUT2D eigenvalue weighted by Gasteiger charge is 2.16. The second kappa shape index (κ2) is 10.9. The average Bonchev–Trinajstić information content (AvgIpc) is 2.78. The van der Waals surface area contributed by atoms with Gasteiger partial charge < -0.3 is 10.2 Å². The van der Waals surface area contributed by atoms with Crippen LogP contribution in [0.5, 0.6) is 0 Å². The minimum absolute atomic E-state index is 0.0410. The van der Waals surface area contributed by atoms with Crippen LogP contribution in [-0.2, 0) is 21.4 Å². The zero-order valence-corrected chi connectivity index (χ0v) is 17.8. The summed E-state index contributed by atoms with van der Waals surface area (Å²) in [6, 6.07) is 13.0. The molecular weight excluding hydrogens is 400 g/mol. The smallest absolute Gasteiger partial charge is 0.233 e. The zero-order chi connectivity index (χ0) is 21.2. The molecule has 2 aromatic rings. The Hall–Kier alpha value is -2.71. The van der Waals surface area contributed by atoms with E-state index in [1.807, 2.05) is 42.5 Å². The van der Waals surface area contributed by atoms with Gasteiger partial charge in [-0.2, -0.15) is 0 Å². The number of carbonyl (C=O) groups excluding carboxylic acids is 1. The third kappa shape index (κ3) is 6.96. The highest BCUT2D eigenvalue weighted by Crippen LogP contribution is 2.21. The molecule has 7 nitrogen and oxygen atoms in total. The minimum atomic E-state index is -3.59. The first kappa shape index (κ1) is 22.0. The summed E-state index contributed by atoms with van der Waals surface area (Å²) in [5.74, 6) is 0.711. The van der Waals surface area contributed by atoms with Crippen LogP contribution < -0.4 is 14.9 Å². The summed E-state index contributed by atoms with van der Waals surface area (Å²) < 4.78 is 26.5. The number of nitrogens with zero attached hydrogens (tertiary/aromatic N) is 2. The first-order chi connectivity index (χ1) is 14.5. The van der Waals surface area contributed by atoms with Crippen molar-refractivity contribution in [3.8, 4) is 0 Å². The number of carbonyl (C=O) groups is 1. The van der Waals surface area contributed by atoms with Gasteiger partial charge in [-0.15, -0.1) is 0 Å². The van der Waals surface area contributed by atoms with Crippen LogP contribution in [0.1, 0.15) is 36.8 Å². The highest BCUT2D eigenvalue weighted by molar-refractivity contribution is 7.92. The first-order valence-electron chi connectivity index (χ1n) is 10.2. The van der Waals surface area contributed by atoms with E-state index in [4.69, 9.17) is 0 Å². The fourth-order valence-corrected chi connectivity index (χ4v) is 4.15. The van der Waals surface area contributed by atoms with Gasteiger partial charge in [0.2, 0.25) is 15.9 Å². The predicted molar refractivity (Wildman–Crippen MR) is 119 cm³/mol. The Bertz CT molecular complexity index is 955. The molecule has 1 aliphatic rings. The minimum Gasteiger partial charge on any atom is -0.356 e. The molecule has 1 aromatic carbocycles. The van der Waals surface area contributed by atoms with Gasteiger partial charge in [-0.25, -0.2) is 18.1 Å². The molecule has 0 spiro atoms. The second-order valence-electron chi connectivity index (χ2n) is 7.21. The third-order valence-electron chi connectivity index (χ3n) is 4.89. The summed E-state index contributed by atoms with van der Waals surface area (Å²) in [5, 5.41) is 3.98. The molecule has 0 saturated carbocycles. The van der Waals surface area contributed by atoms with Crippen LogP contribution >= 0.6 is 0 Å². The molecule has 0 bridgehead atoms. The van der Waals surface area contributed by atoms with Crippen molar-refractivity contribution in [2.24, 2.45) is 0 Å². The zero-order valence-electron chi connectivity index (χ0n) is 17.0. The number of aromatic nitrogens is 1. The fraction of sp³-hybridized carbons (Fsp3) is 0.364. The van der Waals surface area contributed by atoms with Crippen LogP contribution in [0.15, 0.2) is 54.1 Å². The molecule has 0 unspecified atom stereocenters. The lowest BCUT2D eigenvalue weighted by Gasteiger charge is -2.29. The number of piperidine rings is 1. The van der Waals surface area contributed by atoms with Crippen LogP contribution in [0.4, 0.5) is 5.82 Å². The van der Waals surface area contributed by atoms with Gasteiger partial charge >= 0.3 is 0 Å². The van der Waals surface area contributed by atoms with Crippen molar-refractivity contribution < 1.29 is 13.2 Å². The van der Waals surface area contributed by atoms with E-state index in [0.29, 0.717) is 6.54 Å². The Labute approximate surface area is 178 Å². The predicted octanol–water partition coefficient (Wildman–Crippen LogP) is 2.67. The standard InChI is InChI=1S/C22H28N4O3S/c27-21(11-14-25-30(28,29)17-12-19-8-3-1-4-9-19)24-18-20-10-7-13-23-22(20)26-15-5-2-6-16-26/h1,3-4,7-10,12-13,17,25H,2,5-6,11,14-16,18H2,(H,24,27)/b17-12+. The van der Waals surface area contributed by atoms with Crippen molar-refractivity contribution in [1.29, 1.82) is 0 Å². The Balaban J connectivity index is 1.45. The average molecular weight is 429 g/mol. The summed E-state index contributed by atoms with van der Waals surface area (Å²) in [6.07, 6.45) is 6.91. The normalized spacial score (nSPS) is 14.7. The van der Waals surface area contributed by atoms with E-state index < -0.39 is 10.0 Å². The molecule has 1 amide bonds. The number of hydrogen-bond acceptors (Lipinski definition) is 5. The number of hydrogen-bond donors (Lipinski definition) is 2. The van der Waals surface area contributed by atoms with Gasteiger partial charge in [0.1, 0.15) is 5.82 Å². The van der Waals surface area contributed by atoms with Gasteiger partial charge in [0.25, 0.3) is 0 Å². The van der Waals surface area contributed by atoms with Crippen LogP contribution in [0.25, 0.3) is 6.08 Å². The topological polar surface area (TPSA) is 91.4 Å². The SMILES string of the molecule is O=C(CCNS(=O)(=O)/C=C/c1ccccc1)NCc1cccnc1N1CCCCC1. The number of rotatable bonds is 9. The van der Waals surface area contributed by atoms with E-state index in [1.165, 1.54) is 12.5 Å². The Kier molecular flexibility index (Phi) is 7.98. The van der Waals surface area contributed by atoms with Crippen LogP contribution in [0, 0.1) is 0 Å². The van der Waals surface area contributed by atoms with Crippen molar-refractivity contribution in [3.63, 3.8) is 0 Å². The molecule has 1 saturated heterocycles. The monoisotopic (exact) mass is 428 g/mol. The molecule has 2 N–H and O–H groups in total. The third-order valence-corrected chi connectivity index (χ3v) is 5.99. The van der Waals surface area contributed by atoms with E-state index in [0.717, 1.165) is 48.3 Å². The highest BCUT2D eigenvalue weighted by atomic mass is 32.2. The molecule has 0 aliphatic carbocycles. The molecule has 0 radical (unpaired) electrons. The lowest BCUT2D eigenvalue weighted by molar-refractivity contribution is -0.121. The molecule has 2 heterocycles. The largest absolute Gasteiger partial charge is 0.356 e. The number of nitrogens with one attached hydrogen (secondary N) is 2. The van der Waals surface area contributed by atoms with Gasteiger partial charge in [0.15, 0.2) is 0 Å². The first-order valence-corrected chi connectivity index (χ1v) is 11.8. The van der Waals surface area contributed by atoms with Crippen molar-refractivity contribution in [2.75, 3.05) is 24.5 Å². The lowest BCUT2D eigenvalue weighted by atomic mass is 10.1. The summed E-state index contributed by atoms with van der Waals surface area (Å²) in [4.78, 5) is 18.9. The Morgan fingerprint density at radius 1 is 1.07 bits per heavy atom. The van der Waals surface area contributed by atoms with Crippen LogP contribution in [0.2, 0.25) is 0 Å². The van der Waals surface area contributed by atoms with Crippen molar-refractivity contribution >= 4 is 27.8 Å². The van der Waals surface area contributed by atoms with Crippen LogP contribution in [0.3, 0.4) is 0 Å². The van der Waals surface area contributed by atoms with E-state index in [-0.39, 0.29) is 18.9 Å². The van der Waals surface area contributed by atoms with E-state index >= 15 is 0 Å². The number of anilines is 1. The summed E-state index contributed by atoms with van der Waals surface area (Å²) in [6.45, 7) is 2.38. The lowest BCUT2D eigenvalue weighted by Crippen LogP contribution is -2.33. The number of benzene rings is 1. The molecular formula is C22H28N4O3S. The molecule has 8 heteroatoms. The Morgan fingerprint density at radius 2 is 1.83 bits per heavy atom. The molecule has 1 aliphatic heterocycles.